The molecule has 1 heterocycles. The maximum atomic E-state index is 5.53. The third kappa shape index (κ3) is 3.68. The zero-order chi connectivity index (χ0) is 13.9. The minimum Gasteiger partial charge on any atom is -0.461 e. The van der Waals surface area contributed by atoms with E-state index in [9.17, 15) is 0 Å². The molecular formula is C13H23N5O. The van der Waals surface area contributed by atoms with Crippen LogP contribution >= 0.6 is 0 Å². The summed E-state index contributed by atoms with van der Waals surface area (Å²) in [5.41, 5.74) is 0.450. The molecule has 1 aromatic heterocycles. The number of hydrogen-bond donors (Lipinski definition) is 2. The van der Waals surface area contributed by atoms with Gasteiger partial charge in [-0.25, -0.2) is 0 Å². The van der Waals surface area contributed by atoms with E-state index in [0.29, 0.717) is 23.3 Å². The zero-order valence-electron chi connectivity index (χ0n) is 12.2. The Morgan fingerprint density at radius 3 is 2.42 bits per heavy atom. The van der Waals surface area contributed by atoms with Gasteiger partial charge in [-0.05, 0) is 38.5 Å². The predicted octanol–water partition coefficient (Wildman–Crippen LogP) is 2.30. The van der Waals surface area contributed by atoms with E-state index >= 15 is 0 Å². The summed E-state index contributed by atoms with van der Waals surface area (Å²) in [6, 6.07) is 0.359. The molecule has 1 aliphatic carbocycles. The lowest BCUT2D eigenvalue weighted by Crippen LogP contribution is -2.18. The van der Waals surface area contributed by atoms with Crippen molar-refractivity contribution in [3.63, 3.8) is 0 Å². The van der Waals surface area contributed by atoms with Crippen LogP contribution in [0.2, 0.25) is 0 Å². The van der Waals surface area contributed by atoms with E-state index in [-0.39, 0.29) is 6.10 Å². The highest BCUT2D eigenvalue weighted by Crippen LogP contribution is 2.48. The molecule has 1 aromatic rings. The highest BCUT2D eigenvalue weighted by molar-refractivity contribution is 5.35. The van der Waals surface area contributed by atoms with E-state index in [2.05, 4.69) is 32.5 Å². The molecule has 0 saturated heterocycles. The van der Waals surface area contributed by atoms with Crippen molar-refractivity contribution in [2.24, 2.45) is 5.41 Å². The summed E-state index contributed by atoms with van der Waals surface area (Å²) < 4.78 is 5.53. The van der Waals surface area contributed by atoms with Crippen molar-refractivity contribution in [2.45, 2.75) is 46.1 Å². The molecule has 1 saturated carbocycles. The molecule has 19 heavy (non-hydrogen) atoms. The molecule has 1 fully saturated rings. The smallest absolute Gasteiger partial charge is 0.323 e. The van der Waals surface area contributed by atoms with Crippen LogP contribution < -0.4 is 15.4 Å². The fourth-order valence-electron chi connectivity index (χ4n) is 1.91. The Morgan fingerprint density at radius 2 is 1.89 bits per heavy atom. The van der Waals surface area contributed by atoms with E-state index in [1.54, 1.807) is 7.05 Å². The SMILES string of the molecule is CCC1(CNc2nc(NC)nc(OC(C)C)n2)CC1. The number of rotatable bonds is 7. The van der Waals surface area contributed by atoms with Crippen molar-refractivity contribution in [3.05, 3.63) is 0 Å². The lowest BCUT2D eigenvalue weighted by Gasteiger charge is -2.15. The molecule has 0 aromatic carbocycles. The molecule has 0 unspecified atom stereocenters. The van der Waals surface area contributed by atoms with Crippen LogP contribution in [0.3, 0.4) is 0 Å². The minimum atomic E-state index is 0.0466. The Morgan fingerprint density at radius 1 is 1.21 bits per heavy atom. The zero-order valence-corrected chi connectivity index (χ0v) is 12.2. The molecular weight excluding hydrogens is 242 g/mol. The molecule has 1 aliphatic rings. The van der Waals surface area contributed by atoms with Gasteiger partial charge in [0, 0.05) is 13.6 Å². The fraction of sp³-hybridized carbons (Fsp3) is 0.769. The number of nitrogens with zero attached hydrogens (tertiary/aromatic N) is 3. The van der Waals surface area contributed by atoms with Gasteiger partial charge in [0.25, 0.3) is 0 Å². The Balaban J connectivity index is 2.06. The number of nitrogens with one attached hydrogen (secondary N) is 2. The molecule has 0 bridgehead atoms. The average Bonchev–Trinajstić information content (AvgIpc) is 3.16. The number of aromatic nitrogens is 3. The van der Waals surface area contributed by atoms with Crippen molar-refractivity contribution >= 4 is 11.9 Å². The second-order valence-electron chi connectivity index (χ2n) is 5.39. The molecule has 2 N–H and O–H groups in total. The first-order chi connectivity index (χ1) is 9.07. The molecule has 6 nitrogen and oxygen atoms in total. The molecule has 0 radical (unpaired) electrons. The Labute approximate surface area is 114 Å². The van der Waals surface area contributed by atoms with Gasteiger partial charge in [-0.2, -0.15) is 15.0 Å². The van der Waals surface area contributed by atoms with E-state index in [1.165, 1.54) is 19.3 Å². The van der Waals surface area contributed by atoms with Crippen molar-refractivity contribution in [1.29, 1.82) is 0 Å². The topological polar surface area (TPSA) is 72.0 Å². The summed E-state index contributed by atoms with van der Waals surface area (Å²) in [5, 5.41) is 6.23. The summed E-state index contributed by atoms with van der Waals surface area (Å²) in [7, 11) is 1.78. The van der Waals surface area contributed by atoms with E-state index in [0.717, 1.165) is 6.54 Å². The number of ether oxygens (including phenoxy) is 1. The van der Waals surface area contributed by atoms with Gasteiger partial charge < -0.3 is 15.4 Å². The van der Waals surface area contributed by atoms with Gasteiger partial charge >= 0.3 is 6.01 Å². The molecule has 0 atom stereocenters. The van der Waals surface area contributed by atoms with Crippen LogP contribution in [0.1, 0.15) is 40.0 Å². The maximum absolute atomic E-state index is 5.53. The van der Waals surface area contributed by atoms with Gasteiger partial charge in [-0.3, -0.25) is 0 Å². The van der Waals surface area contributed by atoms with Crippen LogP contribution in [-0.4, -0.2) is 34.6 Å². The maximum Gasteiger partial charge on any atom is 0.323 e. The minimum absolute atomic E-state index is 0.0466. The van der Waals surface area contributed by atoms with E-state index < -0.39 is 0 Å². The van der Waals surface area contributed by atoms with Crippen LogP contribution in [0.15, 0.2) is 0 Å². The molecule has 106 valence electrons. The van der Waals surface area contributed by atoms with Crippen LogP contribution in [0.25, 0.3) is 0 Å². The van der Waals surface area contributed by atoms with Crippen molar-refractivity contribution < 1.29 is 4.74 Å². The first-order valence-electron chi connectivity index (χ1n) is 6.91. The van der Waals surface area contributed by atoms with Gasteiger partial charge in [0.05, 0.1) is 6.10 Å². The second kappa shape index (κ2) is 5.59. The summed E-state index contributed by atoms with van der Waals surface area (Å²) in [5.74, 6) is 1.10. The molecule has 0 amide bonds. The van der Waals surface area contributed by atoms with Crippen LogP contribution in [0.5, 0.6) is 6.01 Å². The normalized spacial score (nSPS) is 16.3. The van der Waals surface area contributed by atoms with Crippen LogP contribution in [-0.2, 0) is 0 Å². The number of hydrogen-bond acceptors (Lipinski definition) is 6. The molecule has 2 rings (SSSR count). The third-order valence-electron chi connectivity index (χ3n) is 3.51. The van der Waals surface area contributed by atoms with Gasteiger partial charge in [-0.15, -0.1) is 0 Å². The van der Waals surface area contributed by atoms with Crippen LogP contribution in [0.4, 0.5) is 11.9 Å². The summed E-state index contributed by atoms with van der Waals surface area (Å²) >= 11 is 0. The highest BCUT2D eigenvalue weighted by atomic mass is 16.5. The van der Waals surface area contributed by atoms with Crippen molar-refractivity contribution in [1.82, 2.24) is 15.0 Å². The molecule has 0 spiro atoms. The lowest BCUT2D eigenvalue weighted by molar-refractivity contribution is 0.222. The van der Waals surface area contributed by atoms with Gasteiger partial charge in [-0.1, -0.05) is 6.92 Å². The quantitative estimate of drug-likeness (QED) is 0.788. The van der Waals surface area contributed by atoms with Crippen molar-refractivity contribution in [3.8, 4) is 6.01 Å². The Bertz CT molecular complexity index is 431. The number of anilines is 2. The largest absolute Gasteiger partial charge is 0.461 e. The van der Waals surface area contributed by atoms with Crippen molar-refractivity contribution in [2.75, 3.05) is 24.2 Å². The first-order valence-corrected chi connectivity index (χ1v) is 6.91. The predicted molar refractivity (Wildman–Crippen MR) is 75.6 cm³/mol. The standard InChI is InChI=1S/C13H23N5O/c1-5-13(6-7-13)8-15-11-16-10(14-4)17-12(18-11)19-9(2)3/h9H,5-8H2,1-4H3,(H2,14,15,16,17,18). The van der Waals surface area contributed by atoms with Crippen LogP contribution in [0, 0.1) is 5.41 Å². The third-order valence-corrected chi connectivity index (χ3v) is 3.51. The Kier molecular flexibility index (Phi) is 4.07. The van der Waals surface area contributed by atoms with Gasteiger partial charge in [0.1, 0.15) is 0 Å². The van der Waals surface area contributed by atoms with Gasteiger partial charge in [0.2, 0.25) is 11.9 Å². The molecule has 6 heteroatoms. The fourth-order valence-corrected chi connectivity index (χ4v) is 1.91. The van der Waals surface area contributed by atoms with E-state index in [4.69, 9.17) is 4.74 Å². The average molecular weight is 265 g/mol. The van der Waals surface area contributed by atoms with E-state index in [1.807, 2.05) is 13.8 Å². The lowest BCUT2D eigenvalue weighted by atomic mass is 10.0. The molecule has 0 aliphatic heterocycles. The monoisotopic (exact) mass is 265 g/mol. The summed E-state index contributed by atoms with van der Waals surface area (Å²) in [6.45, 7) is 7.05. The first kappa shape index (κ1) is 13.8. The second-order valence-corrected chi connectivity index (χ2v) is 5.39. The van der Waals surface area contributed by atoms with Gasteiger partial charge in [0.15, 0.2) is 0 Å². The highest BCUT2D eigenvalue weighted by Gasteiger charge is 2.40. The Hall–Kier alpha value is -1.59. The summed E-state index contributed by atoms with van der Waals surface area (Å²) in [4.78, 5) is 12.8. The summed E-state index contributed by atoms with van der Waals surface area (Å²) in [6.07, 6.45) is 3.82.